The van der Waals surface area contributed by atoms with Gasteiger partial charge in [0.1, 0.15) is 5.82 Å². The summed E-state index contributed by atoms with van der Waals surface area (Å²) >= 11 is 0. The van der Waals surface area contributed by atoms with Gasteiger partial charge in [-0.25, -0.2) is 0 Å². The van der Waals surface area contributed by atoms with Crippen molar-refractivity contribution in [3.05, 3.63) is 42.5 Å². The van der Waals surface area contributed by atoms with Crippen molar-refractivity contribution in [1.29, 1.82) is 0 Å². The maximum atomic E-state index is 11.4. The van der Waals surface area contributed by atoms with Crippen LogP contribution in [0.2, 0.25) is 0 Å². The summed E-state index contributed by atoms with van der Waals surface area (Å²) in [6.45, 7) is 1.86. The van der Waals surface area contributed by atoms with E-state index in [1.807, 2.05) is 49.5 Å². The molecule has 0 saturated heterocycles. The lowest BCUT2D eigenvalue weighted by Crippen LogP contribution is -2.30. The lowest BCUT2D eigenvalue weighted by atomic mass is 10.1. The Labute approximate surface area is 130 Å². The highest BCUT2D eigenvalue weighted by molar-refractivity contribution is 5.76. The molecule has 0 radical (unpaired) electrons. The predicted octanol–water partition coefficient (Wildman–Crippen LogP) is 1.28. The number of nitrogens with one attached hydrogen (secondary N) is 3. The molecule has 1 aromatic heterocycles. The molecule has 0 aliphatic rings. The first-order valence-electron chi connectivity index (χ1n) is 7.34. The van der Waals surface area contributed by atoms with Crippen molar-refractivity contribution in [1.82, 2.24) is 20.8 Å². The van der Waals surface area contributed by atoms with Gasteiger partial charge in [0.25, 0.3) is 0 Å². The number of aromatic nitrogens is 2. The van der Waals surface area contributed by atoms with E-state index >= 15 is 0 Å². The number of anilines is 1. The third kappa shape index (κ3) is 5.14. The van der Waals surface area contributed by atoms with E-state index in [4.69, 9.17) is 0 Å². The molecular formula is C16H21N5O. The van der Waals surface area contributed by atoms with Crippen LogP contribution in [0.4, 0.5) is 5.82 Å². The number of hydrogen-bond donors (Lipinski definition) is 3. The van der Waals surface area contributed by atoms with Crippen LogP contribution in [0.25, 0.3) is 11.3 Å². The molecule has 22 heavy (non-hydrogen) atoms. The quantitative estimate of drug-likeness (QED) is 0.640. The second-order valence-corrected chi connectivity index (χ2v) is 4.80. The minimum Gasteiger partial charge on any atom is -0.367 e. The third-order valence-corrected chi connectivity index (χ3v) is 3.09. The number of amides is 1. The molecule has 1 amide bonds. The SMILES string of the molecule is CNCCC(=O)NCCNc1ccc(-c2ccccc2)nn1. The summed E-state index contributed by atoms with van der Waals surface area (Å²) in [7, 11) is 1.83. The zero-order valence-corrected chi connectivity index (χ0v) is 12.7. The summed E-state index contributed by atoms with van der Waals surface area (Å²) in [5, 5.41) is 17.2. The summed E-state index contributed by atoms with van der Waals surface area (Å²) in [4.78, 5) is 11.4. The fourth-order valence-corrected chi connectivity index (χ4v) is 1.91. The standard InChI is InChI=1S/C16H21N5O/c1-17-10-9-16(22)19-12-11-18-15-8-7-14(20-21-15)13-5-3-2-4-6-13/h2-8,17H,9-12H2,1H3,(H,18,21)(H,19,22). The monoisotopic (exact) mass is 299 g/mol. The molecule has 0 saturated carbocycles. The molecule has 6 heteroatoms. The summed E-state index contributed by atoms with van der Waals surface area (Å²) in [5.74, 6) is 0.741. The second-order valence-electron chi connectivity index (χ2n) is 4.80. The molecule has 0 spiro atoms. The Hall–Kier alpha value is -2.47. The fourth-order valence-electron chi connectivity index (χ4n) is 1.91. The number of carbonyl (C=O) groups excluding carboxylic acids is 1. The number of hydrogen-bond acceptors (Lipinski definition) is 5. The van der Waals surface area contributed by atoms with Crippen LogP contribution in [-0.2, 0) is 4.79 Å². The van der Waals surface area contributed by atoms with Gasteiger partial charge >= 0.3 is 0 Å². The molecule has 3 N–H and O–H groups in total. The Balaban J connectivity index is 1.74. The Bertz CT molecular complexity index is 571. The van der Waals surface area contributed by atoms with E-state index < -0.39 is 0 Å². The molecule has 1 heterocycles. The Kier molecular flexibility index (Phi) is 6.32. The number of carbonyl (C=O) groups is 1. The molecule has 0 aliphatic carbocycles. The smallest absolute Gasteiger partial charge is 0.221 e. The molecule has 2 rings (SSSR count). The second kappa shape index (κ2) is 8.74. The number of rotatable bonds is 8. The van der Waals surface area contributed by atoms with E-state index in [0.29, 0.717) is 31.9 Å². The highest BCUT2D eigenvalue weighted by atomic mass is 16.1. The highest BCUT2D eigenvalue weighted by Crippen LogP contribution is 2.15. The molecule has 116 valence electrons. The van der Waals surface area contributed by atoms with Crippen molar-refractivity contribution < 1.29 is 4.79 Å². The van der Waals surface area contributed by atoms with Crippen molar-refractivity contribution in [2.24, 2.45) is 0 Å². The minimum absolute atomic E-state index is 0.0432. The van der Waals surface area contributed by atoms with Crippen LogP contribution in [0.3, 0.4) is 0 Å². The molecule has 0 fully saturated rings. The summed E-state index contributed by atoms with van der Waals surface area (Å²) in [6, 6.07) is 13.7. The zero-order valence-electron chi connectivity index (χ0n) is 12.7. The van der Waals surface area contributed by atoms with Gasteiger partial charge < -0.3 is 16.0 Å². The van der Waals surface area contributed by atoms with Crippen molar-refractivity contribution in [3.8, 4) is 11.3 Å². The van der Waals surface area contributed by atoms with Gasteiger partial charge in [-0.15, -0.1) is 10.2 Å². The lowest BCUT2D eigenvalue weighted by molar-refractivity contribution is -0.120. The first kappa shape index (κ1) is 15.9. The summed E-state index contributed by atoms with van der Waals surface area (Å²) < 4.78 is 0. The molecule has 0 aliphatic heterocycles. The van der Waals surface area contributed by atoms with Crippen LogP contribution >= 0.6 is 0 Å². The van der Waals surface area contributed by atoms with Crippen LogP contribution in [-0.4, -0.2) is 42.8 Å². The Morgan fingerprint density at radius 1 is 1.00 bits per heavy atom. The molecule has 0 atom stereocenters. The average Bonchev–Trinajstić information content (AvgIpc) is 2.58. The summed E-state index contributed by atoms with van der Waals surface area (Å²) in [5.41, 5.74) is 1.88. The van der Waals surface area contributed by atoms with E-state index in [2.05, 4.69) is 26.1 Å². The third-order valence-electron chi connectivity index (χ3n) is 3.09. The van der Waals surface area contributed by atoms with Gasteiger partial charge in [-0.3, -0.25) is 4.79 Å². The minimum atomic E-state index is 0.0432. The number of nitrogens with zero attached hydrogens (tertiary/aromatic N) is 2. The van der Waals surface area contributed by atoms with E-state index in [9.17, 15) is 4.79 Å². The normalized spacial score (nSPS) is 10.2. The van der Waals surface area contributed by atoms with Gasteiger partial charge in [0.2, 0.25) is 5.91 Å². The molecular weight excluding hydrogens is 278 g/mol. The van der Waals surface area contributed by atoms with Crippen LogP contribution in [0.15, 0.2) is 42.5 Å². The van der Waals surface area contributed by atoms with E-state index in [1.54, 1.807) is 0 Å². The first-order valence-corrected chi connectivity index (χ1v) is 7.34. The first-order chi connectivity index (χ1) is 10.8. The molecule has 6 nitrogen and oxygen atoms in total. The van der Waals surface area contributed by atoms with Gasteiger partial charge in [-0.05, 0) is 19.2 Å². The zero-order chi connectivity index (χ0) is 15.6. The van der Waals surface area contributed by atoms with E-state index in [-0.39, 0.29) is 5.91 Å². The van der Waals surface area contributed by atoms with Gasteiger partial charge in [0, 0.05) is 31.6 Å². The highest BCUT2D eigenvalue weighted by Gasteiger charge is 2.01. The van der Waals surface area contributed by atoms with Crippen molar-refractivity contribution >= 4 is 11.7 Å². The van der Waals surface area contributed by atoms with Gasteiger partial charge in [-0.2, -0.15) is 0 Å². The van der Waals surface area contributed by atoms with Crippen molar-refractivity contribution in [2.45, 2.75) is 6.42 Å². The van der Waals surface area contributed by atoms with Crippen LogP contribution in [0.5, 0.6) is 0 Å². The topological polar surface area (TPSA) is 78.9 Å². The molecule has 2 aromatic rings. The van der Waals surface area contributed by atoms with Gasteiger partial charge in [-0.1, -0.05) is 30.3 Å². The maximum Gasteiger partial charge on any atom is 0.221 e. The predicted molar refractivity (Wildman–Crippen MR) is 87.5 cm³/mol. The molecule has 0 bridgehead atoms. The van der Waals surface area contributed by atoms with Gasteiger partial charge in [0.05, 0.1) is 5.69 Å². The van der Waals surface area contributed by atoms with Crippen molar-refractivity contribution in [2.75, 3.05) is 32.0 Å². The summed E-state index contributed by atoms with van der Waals surface area (Å²) in [6.07, 6.45) is 0.488. The van der Waals surface area contributed by atoms with Crippen LogP contribution in [0.1, 0.15) is 6.42 Å². The molecule has 1 aromatic carbocycles. The van der Waals surface area contributed by atoms with Crippen molar-refractivity contribution in [3.63, 3.8) is 0 Å². The number of benzene rings is 1. The van der Waals surface area contributed by atoms with E-state index in [1.165, 1.54) is 0 Å². The molecule has 0 unspecified atom stereocenters. The average molecular weight is 299 g/mol. The largest absolute Gasteiger partial charge is 0.367 e. The van der Waals surface area contributed by atoms with Crippen LogP contribution in [0, 0.1) is 0 Å². The Morgan fingerprint density at radius 2 is 1.82 bits per heavy atom. The van der Waals surface area contributed by atoms with Gasteiger partial charge in [0.15, 0.2) is 0 Å². The maximum absolute atomic E-state index is 11.4. The van der Waals surface area contributed by atoms with E-state index in [0.717, 1.165) is 11.3 Å². The Morgan fingerprint density at radius 3 is 2.50 bits per heavy atom. The fraction of sp³-hybridized carbons (Fsp3) is 0.312. The van der Waals surface area contributed by atoms with Crippen LogP contribution < -0.4 is 16.0 Å². The lowest BCUT2D eigenvalue weighted by Gasteiger charge is -2.07.